The molecule has 0 aromatic heterocycles. The number of amides is 1. The Morgan fingerprint density at radius 3 is 2.37 bits per heavy atom. The highest BCUT2D eigenvalue weighted by molar-refractivity contribution is 6.33. The molecule has 1 heterocycles. The van der Waals surface area contributed by atoms with Crippen LogP contribution in [0.5, 0.6) is 0 Å². The van der Waals surface area contributed by atoms with E-state index >= 15 is 0 Å². The summed E-state index contributed by atoms with van der Waals surface area (Å²) in [6, 6.07) is 10.5. The molecule has 0 aliphatic carbocycles. The highest BCUT2D eigenvalue weighted by atomic mass is 35.5. The maximum absolute atomic E-state index is 12.3. The largest absolute Gasteiger partial charge is 0.457 e. The van der Waals surface area contributed by atoms with Crippen molar-refractivity contribution in [3.63, 3.8) is 0 Å². The second-order valence-corrected chi connectivity index (χ2v) is 6.60. The van der Waals surface area contributed by atoms with Crippen LogP contribution in [0.2, 0.25) is 5.02 Å². The van der Waals surface area contributed by atoms with E-state index in [-0.39, 0.29) is 28.8 Å². The van der Waals surface area contributed by atoms with Crippen LogP contribution in [-0.4, -0.2) is 34.8 Å². The smallest absolute Gasteiger partial charge is 0.339 e. The quantitative estimate of drug-likeness (QED) is 0.441. The van der Waals surface area contributed by atoms with Gasteiger partial charge in [-0.3, -0.25) is 14.9 Å². The van der Waals surface area contributed by atoms with Gasteiger partial charge in [0, 0.05) is 30.8 Å². The van der Waals surface area contributed by atoms with E-state index in [0.717, 1.165) is 37.6 Å². The predicted octanol–water partition coefficient (Wildman–Crippen LogP) is 3.84. The van der Waals surface area contributed by atoms with Gasteiger partial charge in [0.25, 0.3) is 11.6 Å². The minimum absolute atomic E-state index is 0.00430. The molecule has 2 aromatic rings. The van der Waals surface area contributed by atoms with Gasteiger partial charge in [0.05, 0.1) is 15.5 Å². The predicted molar refractivity (Wildman–Crippen MR) is 98.8 cm³/mol. The van der Waals surface area contributed by atoms with Gasteiger partial charge in [-0.05, 0) is 36.6 Å². The summed E-state index contributed by atoms with van der Waals surface area (Å²) in [4.78, 5) is 36.4. The summed E-state index contributed by atoms with van der Waals surface area (Å²) in [6.07, 6.45) is 2.07. The van der Waals surface area contributed by atoms with Crippen LogP contribution in [0.4, 0.5) is 5.69 Å². The Kier molecular flexibility index (Phi) is 5.71. The van der Waals surface area contributed by atoms with E-state index in [1.807, 2.05) is 4.90 Å². The Bertz CT molecular complexity index is 876. The number of non-ortho nitro benzene ring substituents is 1. The first-order valence-corrected chi connectivity index (χ1v) is 8.83. The van der Waals surface area contributed by atoms with Gasteiger partial charge < -0.3 is 9.64 Å². The molecule has 27 heavy (non-hydrogen) atoms. The lowest BCUT2D eigenvalue weighted by atomic mass is 10.1. The number of nitrogens with zero attached hydrogens (tertiary/aromatic N) is 2. The molecule has 0 saturated carbocycles. The van der Waals surface area contributed by atoms with E-state index in [2.05, 4.69) is 0 Å². The molecule has 1 amide bonds. The van der Waals surface area contributed by atoms with Crippen molar-refractivity contribution in [2.45, 2.75) is 19.4 Å². The molecule has 1 saturated heterocycles. The lowest BCUT2D eigenvalue weighted by Crippen LogP contribution is -2.27. The fourth-order valence-corrected chi connectivity index (χ4v) is 3.11. The molecule has 140 valence electrons. The van der Waals surface area contributed by atoms with Gasteiger partial charge in [0.15, 0.2) is 0 Å². The van der Waals surface area contributed by atoms with Crippen LogP contribution < -0.4 is 0 Å². The number of rotatable bonds is 5. The van der Waals surface area contributed by atoms with E-state index in [1.54, 1.807) is 24.3 Å². The Balaban J connectivity index is 1.60. The number of nitro groups is 1. The highest BCUT2D eigenvalue weighted by Gasteiger charge is 2.19. The number of hydrogen-bond donors (Lipinski definition) is 0. The van der Waals surface area contributed by atoms with Crippen molar-refractivity contribution in [3.8, 4) is 0 Å². The molecular formula is C19H17ClN2O5. The fraction of sp³-hybridized carbons (Fsp3) is 0.263. The van der Waals surface area contributed by atoms with Gasteiger partial charge >= 0.3 is 5.97 Å². The van der Waals surface area contributed by atoms with Crippen molar-refractivity contribution < 1.29 is 19.2 Å². The molecule has 0 radical (unpaired) electrons. The van der Waals surface area contributed by atoms with Gasteiger partial charge in [-0.15, -0.1) is 0 Å². The zero-order valence-corrected chi connectivity index (χ0v) is 15.1. The maximum atomic E-state index is 12.3. The number of likely N-dealkylation sites (tertiary alicyclic amines) is 1. The van der Waals surface area contributed by atoms with Crippen molar-refractivity contribution in [2.75, 3.05) is 13.1 Å². The monoisotopic (exact) mass is 388 g/mol. The molecule has 0 bridgehead atoms. The van der Waals surface area contributed by atoms with Crippen LogP contribution in [-0.2, 0) is 11.3 Å². The number of benzene rings is 2. The number of ether oxygens (including phenoxy) is 1. The standard InChI is InChI=1S/C19H17ClN2O5/c20-17-11-15(22(25)26)7-8-16(17)19(24)27-12-13-3-5-14(6-4-13)18(23)21-9-1-2-10-21/h3-8,11H,1-2,9-10,12H2. The topological polar surface area (TPSA) is 89.8 Å². The molecule has 0 spiro atoms. The second-order valence-electron chi connectivity index (χ2n) is 6.19. The Morgan fingerprint density at radius 2 is 1.78 bits per heavy atom. The van der Waals surface area contributed by atoms with E-state index in [1.165, 1.54) is 12.1 Å². The van der Waals surface area contributed by atoms with Crippen molar-refractivity contribution >= 4 is 29.2 Å². The van der Waals surface area contributed by atoms with Crippen molar-refractivity contribution in [1.82, 2.24) is 4.90 Å². The molecular weight excluding hydrogens is 372 g/mol. The molecule has 0 atom stereocenters. The zero-order chi connectivity index (χ0) is 19.4. The van der Waals surface area contributed by atoms with Gasteiger partial charge in [-0.25, -0.2) is 4.79 Å². The first kappa shape index (κ1) is 18.8. The van der Waals surface area contributed by atoms with Crippen LogP contribution in [0.15, 0.2) is 42.5 Å². The molecule has 1 aliphatic heterocycles. The average molecular weight is 389 g/mol. The summed E-state index contributed by atoms with van der Waals surface area (Å²) in [6.45, 7) is 1.58. The fourth-order valence-electron chi connectivity index (χ4n) is 2.86. The first-order chi connectivity index (χ1) is 13.0. The van der Waals surface area contributed by atoms with Crippen molar-refractivity contribution in [1.29, 1.82) is 0 Å². The van der Waals surface area contributed by atoms with E-state index in [0.29, 0.717) is 5.56 Å². The molecule has 8 heteroatoms. The van der Waals surface area contributed by atoms with Crippen LogP contribution >= 0.6 is 11.6 Å². The third-order valence-corrected chi connectivity index (χ3v) is 4.66. The molecule has 0 N–H and O–H groups in total. The van der Waals surface area contributed by atoms with E-state index in [9.17, 15) is 19.7 Å². The summed E-state index contributed by atoms with van der Waals surface area (Å²) in [5, 5.41) is 10.7. The van der Waals surface area contributed by atoms with Gasteiger partial charge in [-0.1, -0.05) is 23.7 Å². The van der Waals surface area contributed by atoms with Crippen LogP contribution in [0.3, 0.4) is 0 Å². The highest BCUT2D eigenvalue weighted by Crippen LogP contribution is 2.23. The normalized spacial score (nSPS) is 13.4. The lowest BCUT2D eigenvalue weighted by Gasteiger charge is -2.15. The van der Waals surface area contributed by atoms with E-state index in [4.69, 9.17) is 16.3 Å². The van der Waals surface area contributed by atoms with Crippen LogP contribution in [0.25, 0.3) is 0 Å². The SMILES string of the molecule is O=C(OCc1ccc(C(=O)N2CCCC2)cc1)c1ccc([N+](=O)[O-])cc1Cl. The molecule has 0 unspecified atom stereocenters. The molecule has 2 aromatic carbocycles. The Labute approximate surface area is 160 Å². The molecule has 7 nitrogen and oxygen atoms in total. The van der Waals surface area contributed by atoms with Gasteiger partial charge in [-0.2, -0.15) is 0 Å². The van der Waals surface area contributed by atoms with Crippen LogP contribution in [0.1, 0.15) is 39.1 Å². The Hall–Kier alpha value is -2.93. The van der Waals surface area contributed by atoms with Crippen molar-refractivity contribution in [3.05, 3.63) is 74.3 Å². The van der Waals surface area contributed by atoms with E-state index < -0.39 is 10.9 Å². The third kappa shape index (κ3) is 4.43. The molecule has 3 rings (SSSR count). The number of carbonyl (C=O) groups is 2. The zero-order valence-electron chi connectivity index (χ0n) is 14.4. The van der Waals surface area contributed by atoms with Crippen LogP contribution in [0, 0.1) is 10.1 Å². The summed E-state index contributed by atoms with van der Waals surface area (Å²) < 4.78 is 5.21. The number of carbonyl (C=O) groups excluding carboxylic acids is 2. The van der Waals surface area contributed by atoms with Crippen molar-refractivity contribution in [2.24, 2.45) is 0 Å². The minimum Gasteiger partial charge on any atom is -0.457 e. The average Bonchev–Trinajstić information content (AvgIpc) is 3.20. The summed E-state index contributed by atoms with van der Waals surface area (Å²) in [7, 11) is 0. The number of esters is 1. The minimum atomic E-state index is -0.674. The number of hydrogen-bond acceptors (Lipinski definition) is 5. The first-order valence-electron chi connectivity index (χ1n) is 8.45. The molecule has 1 aliphatic rings. The molecule has 1 fully saturated rings. The summed E-state index contributed by atoms with van der Waals surface area (Å²) >= 11 is 5.92. The van der Waals surface area contributed by atoms with Gasteiger partial charge in [0.1, 0.15) is 6.61 Å². The third-order valence-electron chi connectivity index (χ3n) is 4.35. The number of nitro benzene ring substituents is 1. The summed E-state index contributed by atoms with van der Waals surface area (Å²) in [5.41, 5.74) is 1.18. The number of halogens is 1. The summed E-state index contributed by atoms with van der Waals surface area (Å²) in [5.74, 6) is -0.666. The van der Waals surface area contributed by atoms with Gasteiger partial charge in [0.2, 0.25) is 0 Å². The second kappa shape index (κ2) is 8.18. The maximum Gasteiger partial charge on any atom is 0.339 e. The Morgan fingerprint density at radius 1 is 1.11 bits per heavy atom. The lowest BCUT2D eigenvalue weighted by molar-refractivity contribution is -0.384.